The first kappa shape index (κ1) is 26.2. The van der Waals surface area contributed by atoms with Gasteiger partial charge in [0.1, 0.15) is 0 Å². The number of benzene rings is 3. The van der Waals surface area contributed by atoms with E-state index in [-0.39, 0.29) is 6.16 Å². The molecule has 0 aliphatic heterocycles. The van der Waals surface area contributed by atoms with Gasteiger partial charge in [0.15, 0.2) is 0 Å². The first-order chi connectivity index (χ1) is 16.4. The smallest absolute Gasteiger partial charge is 0.311 e. The number of hydrogen-bond donors (Lipinski definition) is 2. The van der Waals surface area contributed by atoms with Crippen LogP contribution in [-0.2, 0) is 15.8 Å². The van der Waals surface area contributed by atoms with Gasteiger partial charge < -0.3 is 10.00 Å². The summed E-state index contributed by atoms with van der Waals surface area (Å²) in [5, 5.41) is 12.4. The summed E-state index contributed by atoms with van der Waals surface area (Å²) in [6.07, 6.45) is 6.72. The Kier molecular flexibility index (Phi) is 9.92. The standard InChI is InChI=1S/C29H37O4P/c1-2-3-4-8-18-27(28(29(30)31)25-15-6-5-7-16-25)34(32,33)21-12-11-13-23-19-20-24-14-9-10-17-26(24)22-23/h5-7,9-10,14-17,19-20,22,27-28H,2-4,8,11-13,18,21H2,1H3,(H,30,31)(H,32,33). The number of carboxylic acid groups (broad SMARTS) is 1. The van der Waals surface area contributed by atoms with Crippen LogP contribution in [0.2, 0.25) is 0 Å². The highest BCUT2D eigenvalue weighted by atomic mass is 31.2. The van der Waals surface area contributed by atoms with Crippen LogP contribution < -0.4 is 0 Å². The van der Waals surface area contributed by atoms with Crippen molar-refractivity contribution in [2.75, 3.05) is 6.16 Å². The summed E-state index contributed by atoms with van der Waals surface area (Å²) in [6.45, 7) is 2.12. The fourth-order valence-electron chi connectivity index (χ4n) is 4.80. The molecular weight excluding hydrogens is 443 g/mol. The molecule has 3 unspecified atom stereocenters. The molecule has 2 N–H and O–H groups in total. The molecule has 3 aromatic carbocycles. The van der Waals surface area contributed by atoms with E-state index in [1.807, 2.05) is 18.2 Å². The molecule has 5 heteroatoms. The quantitative estimate of drug-likeness (QED) is 0.184. The summed E-state index contributed by atoms with van der Waals surface area (Å²) in [5.41, 5.74) is 1.07. The van der Waals surface area contributed by atoms with Crippen molar-refractivity contribution in [3.05, 3.63) is 83.9 Å². The van der Waals surface area contributed by atoms with Crippen LogP contribution in [0.4, 0.5) is 0 Å². The van der Waals surface area contributed by atoms with Crippen molar-refractivity contribution in [1.82, 2.24) is 0 Å². The van der Waals surface area contributed by atoms with Gasteiger partial charge in [0.25, 0.3) is 0 Å². The zero-order chi connectivity index (χ0) is 24.4. The maximum atomic E-state index is 13.6. The molecule has 0 aliphatic rings. The summed E-state index contributed by atoms with van der Waals surface area (Å²) in [5.74, 6) is -1.98. The number of rotatable bonds is 14. The van der Waals surface area contributed by atoms with Crippen LogP contribution in [0.3, 0.4) is 0 Å². The minimum atomic E-state index is -3.67. The number of hydrogen-bond acceptors (Lipinski definition) is 2. The molecule has 4 nitrogen and oxygen atoms in total. The summed E-state index contributed by atoms with van der Waals surface area (Å²) < 4.78 is 13.6. The zero-order valence-electron chi connectivity index (χ0n) is 20.1. The average Bonchev–Trinajstić information content (AvgIpc) is 2.84. The lowest BCUT2D eigenvalue weighted by molar-refractivity contribution is -0.139. The van der Waals surface area contributed by atoms with E-state index in [4.69, 9.17) is 0 Å². The Balaban J connectivity index is 1.67. The van der Waals surface area contributed by atoms with Gasteiger partial charge in [-0.15, -0.1) is 0 Å². The van der Waals surface area contributed by atoms with E-state index in [0.717, 1.165) is 38.5 Å². The van der Waals surface area contributed by atoms with Gasteiger partial charge in [0, 0.05) is 6.16 Å². The van der Waals surface area contributed by atoms with Gasteiger partial charge in [-0.25, -0.2) is 0 Å². The second kappa shape index (κ2) is 12.9. The molecule has 0 radical (unpaired) electrons. The topological polar surface area (TPSA) is 74.6 Å². The van der Waals surface area contributed by atoms with Gasteiger partial charge >= 0.3 is 5.97 Å². The molecule has 0 heterocycles. The molecule has 0 saturated heterocycles. The van der Waals surface area contributed by atoms with Gasteiger partial charge in [-0.2, -0.15) is 0 Å². The second-order valence-corrected chi connectivity index (χ2v) is 11.9. The maximum absolute atomic E-state index is 13.6. The summed E-state index contributed by atoms with van der Waals surface area (Å²) in [4.78, 5) is 23.4. The van der Waals surface area contributed by atoms with Crippen LogP contribution in [-0.4, -0.2) is 27.8 Å². The van der Waals surface area contributed by atoms with Crippen LogP contribution in [0.15, 0.2) is 72.8 Å². The van der Waals surface area contributed by atoms with Gasteiger partial charge in [-0.3, -0.25) is 9.36 Å². The maximum Gasteiger partial charge on any atom is 0.311 e. The number of unbranched alkanes of at least 4 members (excludes halogenated alkanes) is 4. The van der Waals surface area contributed by atoms with E-state index < -0.39 is 24.9 Å². The summed E-state index contributed by atoms with van der Waals surface area (Å²) >= 11 is 0. The van der Waals surface area contributed by atoms with Crippen LogP contribution >= 0.6 is 7.37 Å². The number of aryl methyl sites for hydroxylation is 1. The molecule has 3 rings (SSSR count). The monoisotopic (exact) mass is 480 g/mol. The largest absolute Gasteiger partial charge is 0.481 e. The molecule has 34 heavy (non-hydrogen) atoms. The van der Waals surface area contributed by atoms with E-state index in [1.165, 1.54) is 16.3 Å². The second-order valence-electron chi connectivity index (χ2n) is 9.26. The van der Waals surface area contributed by atoms with Crippen LogP contribution in [0.25, 0.3) is 10.8 Å². The van der Waals surface area contributed by atoms with E-state index in [2.05, 4.69) is 37.3 Å². The van der Waals surface area contributed by atoms with Gasteiger partial charge in [0.2, 0.25) is 7.37 Å². The normalized spacial score (nSPS) is 15.0. The Morgan fingerprint density at radius 3 is 2.26 bits per heavy atom. The molecule has 0 spiro atoms. The average molecular weight is 481 g/mol. The number of carboxylic acids is 1. The first-order valence-corrected chi connectivity index (χ1v) is 14.4. The third-order valence-electron chi connectivity index (χ3n) is 6.69. The fourth-order valence-corrected chi connectivity index (χ4v) is 7.16. The highest BCUT2D eigenvalue weighted by Gasteiger charge is 2.41. The van der Waals surface area contributed by atoms with E-state index >= 15 is 0 Å². The summed E-state index contributed by atoms with van der Waals surface area (Å²) in [6, 6.07) is 23.6. The molecule has 182 valence electrons. The molecule has 0 bridgehead atoms. The SMILES string of the molecule is CCCCCCC(C(C(=O)O)c1ccccc1)P(=O)(O)CCCCc1ccc2ccccc2c1. The first-order valence-electron chi connectivity index (χ1n) is 12.5. The van der Waals surface area contributed by atoms with Crippen molar-refractivity contribution >= 4 is 24.1 Å². The van der Waals surface area contributed by atoms with Crippen LogP contribution in [0.5, 0.6) is 0 Å². The molecule has 0 fully saturated rings. The molecular formula is C29H37O4P. The van der Waals surface area contributed by atoms with Crippen LogP contribution in [0, 0.1) is 0 Å². The Morgan fingerprint density at radius 2 is 1.56 bits per heavy atom. The van der Waals surface area contributed by atoms with Crippen molar-refractivity contribution in [3.8, 4) is 0 Å². The Morgan fingerprint density at radius 1 is 0.853 bits per heavy atom. The third-order valence-corrected chi connectivity index (χ3v) is 9.24. The van der Waals surface area contributed by atoms with Gasteiger partial charge in [-0.05, 0) is 47.6 Å². The Hall–Kier alpha value is -2.42. The highest BCUT2D eigenvalue weighted by molar-refractivity contribution is 7.58. The Bertz CT molecular complexity index is 1100. The fraction of sp³-hybridized carbons (Fsp3) is 0.414. The van der Waals surface area contributed by atoms with Crippen molar-refractivity contribution in [2.24, 2.45) is 0 Å². The van der Waals surface area contributed by atoms with E-state index in [9.17, 15) is 19.4 Å². The highest BCUT2D eigenvalue weighted by Crippen LogP contribution is 2.54. The lowest BCUT2D eigenvalue weighted by atomic mass is 9.92. The van der Waals surface area contributed by atoms with Crippen molar-refractivity contribution < 1.29 is 19.4 Å². The van der Waals surface area contributed by atoms with Crippen LogP contribution in [0.1, 0.15) is 68.9 Å². The predicted molar refractivity (Wildman–Crippen MR) is 141 cm³/mol. The number of fused-ring (bicyclic) bond motifs is 1. The van der Waals surface area contributed by atoms with Crippen molar-refractivity contribution in [1.29, 1.82) is 0 Å². The summed E-state index contributed by atoms with van der Waals surface area (Å²) in [7, 11) is -3.67. The molecule has 0 aromatic heterocycles. The lowest BCUT2D eigenvalue weighted by Crippen LogP contribution is -2.27. The lowest BCUT2D eigenvalue weighted by Gasteiger charge is -2.29. The third kappa shape index (κ3) is 7.29. The molecule has 3 aromatic rings. The molecule has 0 amide bonds. The molecule has 0 aliphatic carbocycles. The number of aliphatic carboxylic acids is 1. The predicted octanol–water partition coefficient (Wildman–Crippen LogP) is 7.64. The molecule has 3 atom stereocenters. The number of carbonyl (C=O) groups is 1. The van der Waals surface area contributed by atoms with Crippen molar-refractivity contribution in [3.63, 3.8) is 0 Å². The Labute approximate surface area is 203 Å². The van der Waals surface area contributed by atoms with Gasteiger partial charge in [0.05, 0.1) is 11.6 Å². The van der Waals surface area contributed by atoms with E-state index in [0.29, 0.717) is 18.4 Å². The minimum absolute atomic E-state index is 0.162. The minimum Gasteiger partial charge on any atom is -0.481 e. The zero-order valence-corrected chi connectivity index (χ0v) is 21.0. The van der Waals surface area contributed by atoms with E-state index in [1.54, 1.807) is 24.3 Å². The van der Waals surface area contributed by atoms with Gasteiger partial charge in [-0.1, -0.05) is 105 Å². The molecule has 0 saturated carbocycles. The van der Waals surface area contributed by atoms with Crippen molar-refractivity contribution in [2.45, 2.75) is 69.9 Å².